The molecule has 0 nitrogen and oxygen atoms in total. The number of hydrogen-bond donors (Lipinski definition) is 0. The quantitative estimate of drug-likeness (QED) is 0.552. The van der Waals surface area contributed by atoms with Crippen molar-refractivity contribution in [3.05, 3.63) is 35.1 Å². The first-order valence-electron chi connectivity index (χ1n) is 3.05. The molecule has 0 saturated heterocycles. The topological polar surface area (TPSA) is 0 Å². The van der Waals surface area contributed by atoms with Crippen LogP contribution in [0.3, 0.4) is 0 Å². The Morgan fingerprint density at radius 1 is 1.50 bits per heavy atom. The molecule has 0 atom stereocenters. The van der Waals surface area contributed by atoms with Gasteiger partial charge >= 0.3 is 0 Å². The average Bonchev–Trinajstić information content (AvgIpc) is 1.95. The zero-order valence-corrected chi connectivity index (χ0v) is 6.45. The molecular formula is C8H8ClF. The van der Waals surface area contributed by atoms with Crippen LogP contribution in [-0.2, 0) is 5.88 Å². The second-order valence-electron chi connectivity index (χ2n) is 2.22. The second-order valence-corrected chi connectivity index (χ2v) is 2.48. The summed E-state index contributed by atoms with van der Waals surface area (Å²) in [6.45, 7) is 1.73. The summed E-state index contributed by atoms with van der Waals surface area (Å²) in [5.41, 5.74) is 1.61. The van der Waals surface area contributed by atoms with Crippen LogP contribution in [0, 0.1) is 12.7 Å². The minimum absolute atomic E-state index is 0.172. The lowest BCUT2D eigenvalue weighted by atomic mass is 10.1. The van der Waals surface area contributed by atoms with Gasteiger partial charge in [-0.05, 0) is 24.1 Å². The molecule has 0 aliphatic carbocycles. The molecule has 54 valence electrons. The summed E-state index contributed by atoms with van der Waals surface area (Å²) in [6.07, 6.45) is 0. The fraction of sp³-hybridized carbons (Fsp3) is 0.250. The molecule has 1 aromatic carbocycles. The molecule has 0 N–H and O–H groups in total. The lowest BCUT2D eigenvalue weighted by molar-refractivity contribution is 0.618. The summed E-state index contributed by atoms with van der Waals surface area (Å²) in [6, 6.07) is 4.88. The predicted octanol–water partition coefficient (Wildman–Crippen LogP) is 2.87. The van der Waals surface area contributed by atoms with Gasteiger partial charge in [-0.3, -0.25) is 0 Å². The van der Waals surface area contributed by atoms with Gasteiger partial charge in [-0.1, -0.05) is 12.1 Å². The van der Waals surface area contributed by atoms with Crippen LogP contribution in [0.2, 0.25) is 0 Å². The fourth-order valence-electron chi connectivity index (χ4n) is 0.790. The van der Waals surface area contributed by atoms with Crippen LogP contribution >= 0.6 is 11.6 Å². The third-order valence-corrected chi connectivity index (χ3v) is 1.69. The van der Waals surface area contributed by atoms with Crippen LogP contribution in [0.5, 0.6) is 0 Å². The van der Waals surface area contributed by atoms with E-state index in [0.29, 0.717) is 11.4 Å². The minimum Gasteiger partial charge on any atom is -0.207 e. The SMILES string of the molecule is Cc1cc(CCl)ccc1F. The van der Waals surface area contributed by atoms with Gasteiger partial charge in [-0.15, -0.1) is 11.6 Å². The van der Waals surface area contributed by atoms with E-state index in [1.54, 1.807) is 19.1 Å². The number of rotatable bonds is 1. The standard InChI is InChI=1S/C8H8ClF/c1-6-4-7(5-9)2-3-8(6)10/h2-4H,5H2,1H3. The second kappa shape index (κ2) is 3.02. The highest BCUT2D eigenvalue weighted by Crippen LogP contribution is 2.10. The molecular weight excluding hydrogens is 151 g/mol. The van der Waals surface area contributed by atoms with Crippen molar-refractivity contribution in [2.24, 2.45) is 0 Å². The summed E-state index contributed by atoms with van der Waals surface area (Å²) in [5, 5.41) is 0. The van der Waals surface area contributed by atoms with Gasteiger partial charge in [0.05, 0.1) is 0 Å². The third-order valence-electron chi connectivity index (χ3n) is 1.38. The van der Waals surface area contributed by atoms with Gasteiger partial charge in [-0.25, -0.2) is 4.39 Å². The van der Waals surface area contributed by atoms with Crippen LogP contribution < -0.4 is 0 Å². The van der Waals surface area contributed by atoms with E-state index in [4.69, 9.17) is 11.6 Å². The van der Waals surface area contributed by atoms with E-state index < -0.39 is 0 Å². The molecule has 0 heterocycles. The highest BCUT2D eigenvalue weighted by atomic mass is 35.5. The van der Waals surface area contributed by atoms with Crippen LogP contribution in [0.1, 0.15) is 11.1 Å². The van der Waals surface area contributed by atoms with Crippen LogP contribution in [-0.4, -0.2) is 0 Å². The van der Waals surface area contributed by atoms with Crippen LogP contribution in [0.15, 0.2) is 18.2 Å². The Balaban J connectivity index is 3.04. The van der Waals surface area contributed by atoms with Gasteiger partial charge in [0.15, 0.2) is 0 Å². The Labute approximate surface area is 64.6 Å². The van der Waals surface area contributed by atoms with E-state index in [0.717, 1.165) is 5.56 Å². The molecule has 0 fully saturated rings. The lowest BCUT2D eigenvalue weighted by Gasteiger charge is -1.97. The molecule has 1 rings (SSSR count). The van der Waals surface area contributed by atoms with Crippen molar-refractivity contribution in [2.45, 2.75) is 12.8 Å². The molecule has 0 radical (unpaired) electrons. The normalized spacial score (nSPS) is 9.90. The largest absolute Gasteiger partial charge is 0.207 e. The molecule has 2 heteroatoms. The Morgan fingerprint density at radius 3 is 2.70 bits per heavy atom. The molecule has 0 unspecified atom stereocenters. The highest BCUT2D eigenvalue weighted by molar-refractivity contribution is 6.17. The number of hydrogen-bond acceptors (Lipinski definition) is 0. The number of halogens is 2. The molecule has 0 amide bonds. The van der Waals surface area contributed by atoms with Gasteiger partial charge < -0.3 is 0 Å². The summed E-state index contributed by atoms with van der Waals surface area (Å²) in [4.78, 5) is 0. The number of alkyl halides is 1. The molecule has 0 aliphatic rings. The first-order valence-corrected chi connectivity index (χ1v) is 3.58. The summed E-state index contributed by atoms with van der Waals surface area (Å²) in [5.74, 6) is 0.273. The van der Waals surface area contributed by atoms with Gasteiger partial charge in [-0.2, -0.15) is 0 Å². The Kier molecular flexibility index (Phi) is 2.28. The predicted molar refractivity (Wildman–Crippen MR) is 40.7 cm³/mol. The van der Waals surface area contributed by atoms with Gasteiger partial charge in [0.2, 0.25) is 0 Å². The third kappa shape index (κ3) is 1.48. The van der Waals surface area contributed by atoms with E-state index in [2.05, 4.69) is 0 Å². The highest BCUT2D eigenvalue weighted by Gasteiger charge is 1.96. The monoisotopic (exact) mass is 158 g/mol. The summed E-state index contributed by atoms with van der Waals surface area (Å²) >= 11 is 5.53. The van der Waals surface area contributed by atoms with Crippen LogP contribution in [0.4, 0.5) is 4.39 Å². The number of aryl methyl sites for hydroxylation is 1. The lowest BCUT2D eigenvalue weighted by Crippen LogP contribution is -1.84. The van der Waals surface area contributed by atoms with E-state index in [-0.39, 0.29) is 5.82 Å². The molecule has 0 spiro atoms. The van der Waals surface area contributed by atoms with Gasteiger partial charge in [0.1, 0.15) is 5.82 Å². The first-order chi connectivity index (χ1) is 4.74. The summed E-state index contributed by atoms with van der Waals surface area (Å²) < 4.78 is 12.6. The Hall–Kier alpha value is -0.560. The minimum atomic E-state index is -0.172. The first kappa shape index (κ1) is 7.55. The van der Waals surface area contributed by atoms with E-state index in [1.165, 1.54) is 6.07 Å². The van der Waals surface area contributed by atoms with Crippen molar-refractivity contribution in [1.82, 2.24) is 0 Å². The number of benzene rings is 1. The van der Waals surface area contributed by atoms with Crippen molar-refractivity contribution in [3.63, 3.8) is 0 Å². The zero-order valence-electron chi connectivity index (χ0n) is 5.70. The van der Waals surface area contributed by atoms with Crippen molar-refractivity contribution in [1.29, 1.82) is 0 Å². The van der Waals surface area contributed by atoms with Crippen molar-refractivity contribution >= 4 is 11.6 Å². The molecule has 0 bridgehead atoms. The van der Waals surface area contributed by atoms with Crippen molar-refractivity contribution in [3.8, 4) is 0 Å². The molecule has 10 heavy (non-hydrogen) atoms. The molecule has 1 aromatic rings. The van der Waals surface area contributed by atoms with Crippen molar-refractivity contribution < 1.29 is 4.39 Å². The molecule has 0 aromatic heterocycles. The maximum Gasteiger partial charge on any atom is 0.126 e. The zero-order chi connectivity index (χ0) is 7.56. The Morgan fingerprint density at radius 2 is 2.20 bits per heavy atom. The summed E-state index contributed by atoms with van der Waals surface area (Å²) in [7, 11) is 0. The maximum absolute atomic E-state index is 12.6. The van der Waals surface area contributed by atoms with E-state index >= 15 is 0 Å². The van der Waals surface area contributed by atoms with Crippen molar-refractivity contribution in [2.75, 3.05) is 0 Å². The van der Waals surface area contributed by atoms with Gasteiger partial charge in [0.25, 0.3) is 0 Å². The average molecular weight is 159 g/mol. The molecule has 0 saturated carbocycles. The maximum atomic E-state index is 12.6. The molecule has 0 aliphatic heterocycles. The van der Waals surface area contributed by atoms with Crippen LogP contribution in [0.25, 0.3) is 0 Å². The van der Waals surface area contributed by atoms with E-state index in [1.807, 2.05) is 0 Å². The Bertz CT molecular complexity index is 233. The smallest absolute Gasteiger partial charge is 0.126 e. The fourth-order valence-corrected chi connectivity index (χ4v) is 0.956. The van der Waals surface area contributed by atoms with Gasteiger partial charge in [0, 0.05) is 5.88 Å². The van der Waals surface area contributed by atoms with E-state index in [9.17, 15) is 4.39 Å².